The molecule has 0 saturated carbocycles. The van der Waals surface area contributed by atoms with E-state index in [-0.39, 0.29) is 23.0 Å². The minimum atomic E-state index is -0.224. The summed E-state index contributed by atoms with van der Waals surface area (Å²) in [7, 11) is 0. The maximum absolute atomic E-state index is 9.72. The van der Waals surface area contributed by atoms with E-state index in [0.717, 1.165) is 11.1 Å². The van der Waals surface area contributed by atoms with Crippen molar-refractivity contribution in [1.82, 2.24) is 5.16 Å². The van der Waals surface area contributed by atoms with Crippen LogP contribution in [0.1, 0.15) is 11.1 Å². The summed E-state index contributed by atoms with van der Waals surface area (Å²) in [6.45, 7) is 0. The molecule has 0 fully saturated rings. The van der Waals surface area contributed by atoms with Crippen molar-refractivity contribution in [2.75, 3.05) is 0 Å². The number of hydrogen-bond acceptors (Lipinski definition) is 6. The Hall–Kier alpha value is -3.15. The van der Waals surface area contributed by atoms with Gasteiger partial charge in [0.05, 0.1) is 0 Å². The molecule has 0 unspecified atom stereocenters. The fourth-order valence-electron chi connectivity index (χ4n) is 2.95. The molecule has 0 atom stereocenters. The van der Waals surface area contributed by atoms with Crippen LogP contribution < -0.4 is 0 Å². The minimum Gasteiger partial charge on any atom is -0.504 e. The number of aromatic hydroxyl groups is 4. The summed E-state index contributed by atoms with van der Waals surface area (Å²) < 4.78 is 5.45. The third-order valence-electron chi connectivity index (χ3n) is 4.13. The van der Waals surface area contributed by atoms with Crippen molar-refractivity contribution in [3.8, 4) is 45.6 Å². The number of fused-ring (bicyclic) bond motifs is 3. The van der Waals surface area contributed by atoms with Crippen LogP contribution in [0.15, 0.2) is 34.9 Å². The lowest BCUT2D eigenvalue weighted by atomic mass is 9.88. The van der Waals surface area contributed by atoms with Crippen molar-refractivity contribution in [3.05, 3.63) is 41.5 Å². The van der Waals surface area contributed by atoms with E-state index in [1.165, 1.54) is 24.3 Å². The van der Waals surface area contributed by atoms with Gasteiger partial charge in [0.15, 0.2) is 28.8 Å². The van der Waals surface area contributed by atoms with E-state index >= 15 is 0 Å². The van der Waals surface area contributed by atoms with Gasteiger partial charge in [0.25, 0.3) is 0 Å². The average Bonchev–Trinajstić information content (AvgIpc) is 2.96. The molecule has 0 bridgehead atoms. The van der Waals surface area contributed by atoms with Crippen LogP contribution in [0.25, 0.3) is 22.6 Å². The summed E-state index contributed by atoms with van der Waals surface area (Å²) in [5.74, 6) is -0.244. The lowest BCUT2D eigenvalue weighted by Gasteiger charge is -2.16. The predicted octanol–water partition coefficient (Wildman–Crippen LogP) is 2.93. The molecule has 4 N–H and O–H groups in total. The molecule has 23 heavy (non-hydrogen) atoms. The Kier molecular flexibility index (Phi) is 2.74. The van der Waals surface area contributed by atoms with E-state index in [2.05, 4.69) is 5.16 Å². The van der Waals surface area contributed by atoms with Gasteiger partial charge in [-0.3, -0.25) is 0 Å². The molecule has 0 amide bonds. The first-order chi connectivity index (χ1) is 11.0. The molecular formula is C17H13NO5. The molecule has 1 aromatic heterocycles. The van der Waals surface area contributed by atoms with Crippen molar-refractivity contribution in [3.63, 3.8) is 0 Å². The molecule has 0 saturated heterocycles. The van der Waals surface area contributed by atoms with Crippen LogP contribution in [0.4, 0.5) is 0 Å². The topological polar surface area (TPSA) is 107 Å². The first kappa shape index (κ1) is 13.5. The van der Waals surface area contributed by atoms with Crippen molar-refractivity contribution >= 4 is 0 Å². The molecule has 6 nitrogen and oxygen atoms in total. The van der Waals surface area contributed by atoms with Crippen molar-refractivity contribution in [2.24, 2.45) is 0 Å². The van der Waals surface area contributed by atoms with Crippen molar-refractivity contribution in [2.45, 2.75) is 12.8 Å². The molecule has 3 aromatic rings. The highest BCUT2D eigenvalue weighted by molar-refractivity contribution is 5.78. The van der Waals surface area contributed by atoms with Gasteiger partial charge in [-0.25, -0.2) is 0 Å². The Balaban J connectivity index is 1.87. The van der Waals surface area contributed by atoms with Gasteiger partial charge in [-0.05, 0) is 48.7 Å². The fraction of sp³-hybridized carbons (Fsp3) is 0.118. The summed E-state index contributed by atoms with van der Waals surface area (Å²) >= 11 is 0. The highest BCUT2D eigenvalue weighted by Crippen LogP contribution is 2.43. The molecule has 1 heterocycles. The average molecular weight is 311 g/mol. The predicted molar refractivity (Wildman–Crippen MR) is 81.4 cm³/mol. The molecule has 4 rings (SSSR count). The molecule has 2 aromatic carbocycles. The van der Waals surface area contributed by atoms with E-state index in [0.29, 0.717) is 35.4 Å². The number of hydrogen-bond donors (Lipinski definition) is 4. The van der Waals surface area contributed by atoms with E-state index in [9.17, 15) is 20.4 Å². The zero-order valence-corrected chi connectivity index (χ0v) is 11.9. The lowest BCUT2D eigenvalue weighted by Crippen LogP contribution is -2.02. The normalized spacial score (nSPS) is 12.7. The molecule has 1 aliphatic rings. The van der Waals surface area contributed by atoms with Gasteiger partial charge in [-0.1, -0.05) is 5.16 Å². The van der Waals surface area contributed by atoms with E-state index in [1.54, 1.807) is 6.07 Å². The number of rotatable bonds is 1. The van der Waals surface area contributed by atoms with E-state index in [4.69, 9.17) is 4.52 Å². The van der Waals surface area contributed by atoms with Gasteiger partial charge in [0, 0.05) is 16.7 Å². The molecule has 116 valence electrons. The Morgan fingerprint density at radius 2 is 1.57 bits per heavy atom. The zero-order valence-electron chi connectivity index (χ0n) is 11.9. The summed E-state index contributed by atoms with van der Waals surface area (Å²) in [6.07, 6.45) is 1.33. The van der Waals surface area contributed by atoms with Crippen LogP contribution in [0.5, 0.6) is 23.0 Å². The number of nitrogens with zero attached hydrogens (tertiary/aromatic N) is 1. The third kappa shape index (κ3) is 1.99. The van der Waals surface area contributed by atoms with E-state index in [1.807, 2.05) is 0 Å². The SMILES string of the molecule is Oc1ccc(-c2noc3c2CCc2cc(O)c(O)cc2-3)cc1O. The Bertz CT molecular complexity index is 915. The van der Waals surface area contributed by atoms with Crippen LogP contribution in [-0.4, -0.2) is 25.6 Å². The van der Waals surface area contributed by atoms with Crippen molar-refractivity contribution in [1.29, 1.82) is 0 Å². The summed E-state index contributed by atoms with van der Waals surface area (Å²) in [6, 6.07) is 7.47. The Labute approximate surface area is 130 Å². The first-order valence-electron chi connectivity index (χ1n) is 7.10. The van der Waals surface area contributed by atoms with Crippen LogP contribution in [0.3, 0.4) is 0 Å². The number of phenols is 4. The second-order valence-corrected chi connectivity index (χ2v) is 5.54. The lowest BCUT2D eigenvalue weighted by molar-refractivity contribution is 0.401. The molecular weight excluding hydrogens is 298 g/mol. The van der Waals surface area contributed by atoms with Crippen molar-refractivity contribution < 1.29 is 24.9 Å². The van der Waals surface area contributed by atoms with Crippen LogP contribution in [0.2, 0.25) is 0 Å². The Morgan fingerprint density at radius 3 is 2.35 bits per heavy atom. The van der Waals surface area contributed by atoms with Gasteiger partial charge in [0.1, 0.15) is 5.69 Å². The Morgan fingerprint density at radius 1 is 0.826 bits per heavy atom. The number of benzene rings is 2. The van der Waals surface area contributed by atoms with Crippen LogP contribution in [-0.2, 0) is 12.8 Å². The molecule has 0 radical (unpaired) electrons. The number of aromatic nitrogens is 1. The second kappa shape index (κ2) is 4.67. The summed E-state index contributed by atoms with van der Waals surface area (Å²) in [5, 5.41) is 42.5. The van der Waals surface area contributed by atoms with Crippen LogP contribution in [0, 0.1) is 0 Å². The van der Waals surface area contributed by atoms with Crippen LogP contribution >= 0.6 is 0 Å². The molecule has 6 heteroatoms. The largest absolute Gasteiger partial charge is 0.504 e. The maximum Gasteiger partial charge on any atom is 0.171 e. The summed E-state index contributed by atoms with van der Waals surface area (Å²) in [4.78, 5) is 0. The standard InChI is InChI=1S/C17H13NO5/c19-12-4-2-9(6-13(12)20)16-10-3-1-8-5-14(21)15(22)7-11(8)17(10)23-18-16/h2,4-7,19-22H,1,3H2. The minimum absolute atomic E-state index is 0.157. The van der Waals surface area contributed by atoms with Gasteiger partial charge in [0.2, 0.25) is 0 Å². The van der Waals surface area contributed by atoms with Gasteiger partial charge in [-0.2, -0.15) is 0 Å². The number of aryl methyl sites for hydroxylation is 1. The fourth-order valence-corrected chi connectivity index (χ4v) is 2.95. The monoisotopic (exact) mass is 311 g/mol. The molecule has 1 aliphatic carbocycles. The first-order valence-corrected chi connectivity index (χ1v) is 7.10. The van der Waals surface area contributed by atoms with Gasteiger partial charge < -0.3 is 24.9 Å². The van der Waals surface area contributed by atoms with Gasteiger partial charge in [-0.15, -0.1) is 0 Å². The summed E-state index contributed by atoms with van der Waals surface area (Å²) in [5.41, 5.74) is 3.67. The number of phenolic OH excluding ortho intramolecular Hbond substituents is 4. The highest BCUT2D eigenvalue weighted by atomic mass is 16.5. The molecule has 0 spiro atoms. The zero-order chi connectivity index (χ0) is 16.1. The van der Waals surface area contributed by atoms with Gasteiger partial charge >= 0.3 is 0 Å². The highest BCUT2D eigenvalue weighted by Gasteiger charge is 2.26. The maximum atomic E-state index is 9.72. The quantitative estimate of drug-likeness (QED) is 0.515. The van der Waals surface area contributed by atoms with E-state index < -0.39 is 0 Å². The third-order valence-corrected chi connectivity index (χ3v) is 4.13. The smallest absolute Gasteiger partial charge is 0.171 e. The molecule has 0 aliphatic heterocycles. The second-order valence-electron chi connectivity index (χ2n) is 5.54.